The first kappa shape index (κ1) is 13.5. The number of nitrogens with zero attached hydrogens (tertiary/aromatic N) is 2. The number of carboxylic acids is 1. The van der Waals surface area contributed by atoms with Crippen molar-refractivity contribution in [3.63, 3.8) is 0 Å². The molecular weight excluding hydrogens is 244 g/mol. The first-order chi connectivity index (χ1) is 8.93. The average molecular weight is 262 g/mol. The minimum atomic E-state index is -0.939. The number of hydrogen-bond acceptors (Lipinski definition) is 3. The number of ether oxygens (including phenoxy) is 1. The van der Waals surface area contributed by atoms with Crippen molar-refractivity contribution in [2.75, 3.05) is 6.61 Å². The molecule has 0 amide bonds. The van der Waals surface area contributed by atoms with Gasteiger partial charge in [0.25, 0.3) is 0 Å². The second-order valence-corrected chi connectivity index (χ2v) is 5.07. The summed E-state index contributed by atoms with van der Waals surface area (Å²) >= 11 is 0. The molecule has 0 aliphatic heterocycles. The fourth-order valence-corrected chi connectivity index (χ4v) is 2.17. The third-order valence-electron chi connectivity index (χ3n) is 2.95. The summed E-state index contributed by atoms with van der Waals surface area (Å²) in [4.78, 5) is 15.2. The highest BCUT2D eigenvalue weighted by Crippen LogP contribution is 2.19. The van der Waals surface area contributed by atoms with Gasteiger partial charge in [0.15, 0.2) is 0 Å². The molecule has 0 aliphatic rings. The molecule has 0 saturated carbocycles. The van der Waals surface area contributed by atoms with Crippen LogP contribution in [0, 0.1) is 0 Å². The van der Waals surface area contributed by atoms with Crippen LogP contribution in [0.15, 0.2) is 24.5 Å². The highest BCUT2D eigenvalue weighted by atomic mass is 16.5. The number of fused-ring (bicyclic) bond motifs is 1. The van der Waals surface area contributed by atoms with Crippen molar-refractivity contribution in [2.45, 2.75) is 32.9 Å². The maximum atomic E-state index is 10.9. The van der Waals surface area contributed by atoms with Gasteiger partial charge >= 0.3 is 5.97 Å². The summed E-state index contributed by atoms with van der Waals surface area (Å²) in [5.41, 5.74) is 1.57. The van der Waals surface area contributed by atoms with E-state index in [2.05, 4.69) is 4.98 Å². The van der Waals surface area contributed by atoms with E-state index in [9.17, 15) is 4.79 Å². The van der Waals surface area contributed by atoms with Crippen LogP contribution in [0.1, 0.15) is 31.1 Å². The Morgan fingerprint density at radius 3 is 2.84 bits per heavy atom. The second kappa shape index (κ2) is 5.01. The number of carbonyl (C=O) groups is 1. The highest BCUT2D eigenvalue weighted by Gasteiger charge is 2.19. The van der Waals surface area contributed by atoms with E-state index in [0.29, 0.717) is 18.7 Å². The van der Waals surface area contributed by atoms with Crippen LogP contribution >= 0.6 is 0 Å². The van der Waals surface area contributed by atoms with Crippen molar-refractivity contribution >= 4 is 17.0 Å². The number of benzene rings is 1. The molecule has 0 aliphatic carbocycles. The van der Waals surface area contributed by atoms with Gasteiger partial charge in [0.05, 0.1) is 35.1 Å². The zero-order valence-corrected chi connectivity index (χ0v) is 11.4. The lowest BCUT2D eigenvalue weighted by molar-refractivity contribution is -0.0216. The molecule has 0 radical (unpaired) electrons. The van der Waals surface area contributed by atoms with Crippen molar-refractivity contribution in [1.82, 2.24) is 9.55 Å². The van der Waals surface area contributed by atoms with Gasteiger partial charge in [0.1, 0.15) is 0 Å². The van der Waals surface area contributed by atoms with E-state index >= 15 is 0 Å². The molecule has 19 heavy (non-hydrogen) atoms. The summed E-state index contributed by atoms with van der Waals surface area (Å²) < 4.78 is 7.65. The molecule has 1 aromatic carbocycles. The van der Waals surface area contributed by atoms with Crippen LogP contribution in [-0.4, -0.2) is 32.8 Å². The van der Waals surface area contributed by atoms with Gasteiger partial charge in [-0.1, -0.05) is 0 Å². The minimum Gasteiger partial charge on any atom is -0.478 e. The molecule has 2 rings (SSSR count). The van der Waals surface area contributed by atoms with Gasteiger partial charge in [-0.25, -0.2) is 9.78 Å². The molecule has 0 saturated heterocycles. The maximum Gasteiger partial charge on any atom is 0.335 e. The Morgan fingerprint density at radius 2 is 2.21 bits per heavy atom. The van der Waals surface area contributed by atoms with Crippen molar-refractivity contribution < 1.29 is 14.6 Å². The second-order valence-electron chi connectivity index (χ2n) is 5.07. The molecule has 0 unspecified atom stereocenters. The molecule has 0 atom stereocenters. The van der Waals surface area contributed by atoms with Gasteiger partial charge in [-0.2, -0.15) is 0 Å². The first-order valence-corrected chi connectivity index (χ1v) is 6.25. The predicted molar refractivity (Wildman–Crippen MR) is 72.4 cm³/mol. The van der Waals surface area contributed by atoms with Gasteiger partial charge in [0.2, 0.25) is 0 Å². The number of hydrogen-bond donors (Lipinski definition) is 1. The Labute approximate surface area is 111 Å². The molecule has 1 aromatic heterocycles. The smallest absolute Gasteiger partial charge is 0.335 e. The van der Waals surface area contributed by atoms with Crippen LogP contribution in [0.5, 0.6) is 0 Å². The molecule has 5 nitrogen and oxygen atoms in total. The topological polar surface area (TPSA) is 64.4 Å². The normalized spacial score (nSPS) is 11.9. The standard InChI is InChI=1S/C14H18N2O3/c1-4-19-14(2,3)8-16-9-15-11-7-10(13(17)18)5-6-12(11)16/h5-7,9H,4,8H2,1-3H3,(H,17,18). The SMILES string of the molecule is CCOC(C)(C)Cn1cnc2cc(C(=O)O)ccc21. The fraction of sp³-hybridized carbons (Fsp3) is 0.429. The molecule has 5 heteroatoms. The largest absolute Gasteiger partial charge is 0.478 e. The van der Waals surface area contributed by atoms with E-state index in [1.54, 1.807) is 24.5 Å². The van der Waals surface area contributed by atoms with Crippen molar-refractivity contribution in [3.8, 4) is 0 Å². The lowest BCUT2D eigenvalue weighted by Gasteiger charge is -2.25. The van der Waals surface area contributed by atoms with E-state index < -0.39 is 5.97 Å². The summed E-state index contributed by atoms with van der Waals surface area (Å²) in [6.45, 7) is 7.33. The number of carboxylic acid groups (broad SMARTS) is 1. The van der Waals surface area contributed by atoms with Crippen molar-refractivity contribution in [3.05, 3.63) is 30.1 Å². The molecule has 0 fully saturated rings. The molecule has 102 valence electrons. The summed E-state index contributed by atoms with van der Waals surface area (Å²) in [5, 5.41) is 8.95. The Kier molecular flexibility index (Phi) is 3.57. The van der Waals surface area contributed by atoms with E-state index in [4.69, 9.17) is 9.84 Å². The molecule has 1 N–H and O–H groups in total. The molecule has 0 bridgehead atoms. The summed E-state index contributed by atoms with van der Waals surface area (Å²) in [6, 6.07) is 4.96. The van der Waals surface area contributed by atoms with Gasteiger partial charge in [-0.3, -0.25) is 0 Å². The number of aromatic carboxylic acids is 1. The third kappa shape index (κ3) is 2.93. The van der Waals surface area contributed by atoms with E-state index in [-0.39, 0.29) is 11.2 Å². The Morgan fingerprint density at radius 1 is 1.47 bits per heavy atom. The minimum absolute atomic E-state index is 0.252. The van der Waals surface area contributed by atoms with Crippen LogP contribution in [0.2, 0.25) is 0 Å². The summed E-state index contributed by atoms with van der Waals surface area (Å²) in [5.74, 6) is -0.939. The highest BCUT2D eigenvalue weighted by molar-refractivity contribution is 5.92. The number of imidazole rings is 1. The molecule has 2 aromatic rings. The van der Waals surface area contributed by atoms with Crippen LogP contribution in [0.25, 0.3) is 11.0 Å². The lowest BCUT2D eigenvalue weighted by atomic mass is 10.1. The summed E-state index contributed by atoms with van der Waals surface area (Å²) in [6.07, 6.45) is 1.72. The van der Waals surface area contributed by atoms with Crippen LogP contribution in [-0.2, 0) is 11.3 Å². The zero-order chi connectivity index (χ0) is 14.0. The zero-order valence-electron chi connectivity index (χ0n) is 11.4. The maximum absolute atomic E-state index is 10.9. The predicted octanol–water partition coefficient (Wildman–Crippen LogP) is 2.55. The molecule has 1 heterocycles. The third-order valence-corrected chi connectivity index (χ3v) is 2.95. The van der Waals surface area contributed by atoms with Crippen LogP contribution < -0.4 is 0 Å². The Bertz CT molecular complexity index is 602. The van der Waals surface area contributed by atoms with Crippen molar-refractivity contribution in [1.29, 1.82) is 0 Å². The molecule has 0 spiro atoms. The van der Waals surface area contributed by atoms with Crippen LogP contribution in [0.3, 0.4) is 0 Å². The fourth-order valence-electron chi connectivity index (χ4n) is 2.17. The van der Waals surface area contributed by atoms with Gasteiger partial charge in [0, 0.05) is 6.61 Å². The van der Waals surface area contributed by atoms with Crippen LogP contribution in [0.4, 0.5) is 0 Å². The number of aromatic nitrogens is 2. The quantitative estimate of drug-likeness (QED) is 0.899. The molecular formula is C14H18N2O3. The Balaban J connectivity index is 2.33. The summed E-state index contributed by atoms with van der Waals surface area (Å²) in [7, 11) is 0. The number of rotatable bonds is 5. The lowest BCUT2D eigenvalue weighted by Crippen LogP contribution is -2.30. The van der Waals surface area contributed by atoms with E-state index in [1.807, 2.05) is 25.3 Å². The van der Waals surface area contributed by atoms with Gasteiger partial charge < -0.3 is 14.4 Å². The van der Waals surface area contributed by atoms with Gasteiger partial charge in [-0.05, 0) is 39.0 Å². The first-order valence-electron chi connectivity index (χ1n) is 6.25. The van der Waals surface area contributed by atoms with E-state index in [0.717, 1.165) is 5.52 Å². The van der Waals surface area contributed by atoms with Gasteiger partial charge in [-0.15, -0.1) is 0 Å². The monoisotopic (exact) mass is 262 g/mol. The average Bonchev–Trinajstić information content (AvgIpc) is 2.71. The van der Waals surface area contributed by atoms with Crippen molar-refractivity contribution in [2.24, 2.45) is 0 Å². The van der Waals surface area contributed by atoms with E-state index in [1.165, 1.54) is 0 Å². The Hall–Kier alpha value is -1.88.